The lowest BCUT2D eigenvalue weighted by atomic mass is 10.1. The minimum atomic E-state index is 1.12. The lowest BCUT2D eigenvalue weighted by Gasteiger charge is -2.27. The fourth-order valence-corrected chi connectivity index (χ4v) is 6.01. The van der Waals surface area contributed by atoms with Crippen molar-refractivity contribution in [3.63, 3.8) is 0 Å². The highest BCUT2D eigenvalue weighted by Crippen LogP contribution is 2.38. The molecule has 0 bridgehead atoms. The molecule has 0 aliphatic carbocycles. The zero-order chi connectivity index (χ0) is 31.3. The summed E-state index contributed by atoms with van der Waals surface area (Å²) in [6.45, 7) is 4.31. The molecule has 0 fully saturated rings. The van der Waals surface area contributed by atoms with Gasteiger partial charge in [-0.2, -0.15) is 0 Å². The monoisotopic (exact) mass is 592 g/mol. The van der Waals surface area contributed by atoms with Crippen LogP contribution >= 0.6 is 0 Å². The van der Waals surface area contributed by atoms with Crippen LogP contribution in [0.5, 0.6) is 0 Å². The summed E-state index contributed by atoms with van der Waals surface area (Å²) >= 11 is 0. The van der Waals surface area contributed by atoms with Gasteiger partial charge in [-0.25, -0.2) is 0 Å². The Balaban J connectivity index is 1.15. The van der Waals surface area contributed by atoms with Crippen molar-refractivity contribution in [1.29, 1.82) is 0 Å². The highest BCUT2D eigenvalue weighted by molar-refractivity contribution is 5.89. The number of hydrogen-bond donors (Lipinski definition) is 0. The zero-order valence-corrected chi connectivity index (χ0v) is 26.2. The SMILES string of the molecule is Cc1cccc(N(c2ccc(/C=C/c3ccc(N(c4ccccc4)c4ccc5ccccc5c4)cc3)cc2)c2ccccc2C)c1. The van der Waals surface area contributed by atoms with Gasteiger partial charge in [0.05, 0.1) is 0 Å². The van der Waals surface area contributed by atoms with Gasteiger partial charge in [0.15, 0.2) is 0 Å². The molecule has 7 aromatic carbocycles. The molecule has 7 aromatic rings. The molecule has 2 heteroatoms. The fraction of sp³-hybridized carbons (Fsp3) is 0.0455. The molecule has 0 amide bonds. The molecule has 0 atom stereocenters. The van der Waals surface area contributed by atoms with Crippen molar-refractivity contribution in [3.8, 4) is 0 Å². The Hall–Kier alpha value is -5.86. The molecule has 2 nitrogen and oxygen atoms in total. The average molecular weight is 593 g/mol. The van der Waals surface area contributed by atoms with E-state index in [4.69, 9.17) is 0 Å². The Morgan fingerprint density at radius 2 is 0.891 bits per heavy atom. The molecule has 0 spiro atoms. The van der Waals surface area contributed by atoms with Crippen LogP contribution in [-0.4, -0.2) is 0 Å². The number of hydrogen-bond acceptors (Lipinski definition) is 2. The van der Waals surface area contributed by atoms with E-state index in [1.807, 2.05) is 0 Å². The average Bonchev–Trinajstić information content (AvgIpc) is 3.10. The summed E-state index contributed by atoms with van der Waals surface area (Å²) in [5.41, 5.74) is 11.7. The Kier molecular flexibility index (Phi) is 8.17. The van der Waals surface area contributed by atoms with Crippen LogP contribution in [-0.2, 0) is 0 Å². The summed E-state index contributed by atoms with van der Waals surface area (Å²) in [4.78, 5) is 4.65. The van der Waals surface area contributed by atoms with Crippen molar-refractivity contribution in [2.75, 3.05) is 9.80 Å². The first-order valence-corrected chi connectivity index (χ1v) is 15.8. The molecule has 0 aliphatic rings. The summed E-state index contributed by atoms with van der Waals surface area (Å²) in [6, 6.07) is 60.5. The first-order chi connectivity index (χ1) is 22.6. The first kappa shape index (κ1) is 28.9. The minimum absolute atomic E-state index is 1.12. The zero-order valence-electron chi connectivity index (χ0n) is 26.2. The lowest BCUT2D eigenvalue weighted by Crippen LogP contribution is -2.11. The number of aryl methyl sites for hydroxylation is 2. The largest absolute Gasteiger partial charge is 0.310 e. The maximum Gasteiger partial charge on any atom is 0.0490 e. The molecule has 46 heavy (non-hydrogen) atoms. The van der Waals surface area contributed by atoms with E-state index >= 15 is 0 Å². The van der Waals surface area contributed by atoms with Crippen molar-refractivity contribution in [2.45, 2.75) is 13.8 Å². The predicted octanol–water partition coefficient (Wildman–Crippen LogP) is 12.6. The van der Waals surface area contributed by atoms with Crippen LogP contribution in [0.1, 0.15) is 22.3 Å². The van der Waals surface area contributed by atoms with Crippen LogP contribution in [0, 0.1) is 13.8 Å². The van der Waals surface area contributed by atoms with E-state index in [-0.39, 0.29) is 0 Å². The van der Waals surface area contributed by atoms with Crippen LogP contribution in [0.25, 0.3) is 22.9 Å². The molecule has 0 aliphatic heterocycles. The Labute approximate surface area is 272 Å². The maximum absolute atomic E-state index is 2.34. The third-order valence-corrected chi connectivity index (χ3v) is 8.39. The molecule has 0 saturated heterocycles. The summed E-state index contributed by atoms with van der Waals surface area (Å²) in [6.07, 6.45) is 4.36. The van der Waals surface area contributed by atoms with Gasteiger partial charge in [0.1, 0.15) is 0 Å². The maximum atomic E-state index is 2.34. The van der Waals surface area contributed by atoms with Gasteiger partial charge in [0, 0.05) is 34.1 Å². The third-order valence-electron chi connectivity index (χ3n) is 8.39. The molecular formula is C44H36N2. The third kappa shape index (κ3) is 6.20. The molecule has 0 saturated carbocycles. The number of nitrogens with zero attached hydrogens (tertiary/aromatic N) is 2. The van der Waals surface area contributed by atoms with Crippen molar-refractivity contribution >= 4 is 57.0 Å². The van der Waals surface area contributed by atoms with E-state index in [0.717, 1.165) is 39.6 Å². The Morgan fingerprint density at radius 3 is 1.57 bits per heavy atom. The predicted molar refractivity (Wildman–Crippen MR) is 198 cm³/mol. The number of para-hydroxylation sites is 2. The first-order valence-electron chi connectivity index (χ1n) is 15.8. The van der Waals surface area contributed by atoms with E-state index in [1.54, 1.807) is 0 Å². The molecular weight excluding hydrogens is 556 g/mol. The molecule has 0 heterocycles. The molecule has 7 rings (SSSR count). The molecule has 222 valence electrons. The number of anilines is 6. The lowest BCUT2D eigenvalue weighted by molar-refractivity contribution is 1.24. The minimum Gasteiger partial charge on any atom is -0.310 e. The summed E-state index contributed by atoms with van der Waals surface area (Å²) < 4.78 is 0. The number of benzene rings is 7. The summed E-state index contributed by atoms with van der Waals surface area (Å²) in [5.74, 6) is 0. The highest BCUT2D eigenvalue weighted by Gasteiger charge is 2.15. The van der Waals surface area contributed by atoms with Gasteiger partial charge in [0.2, 0.25) is 0 Å². The molecule has 0 unspecified atom stereocenters. The van der Waals surface area contributed by atoms with E-state index in [2.05, 4.69) is 206 Å². The van der Waals surface area contributed by atoms with Gasteiger partial charge in [-0.15, -0.1) is 0 Å². The summed E-state index contributed by atoms with van der Waals surface area (Å²) in [7, 11) is 0. The topological polar surface area (TPSA) is 6.48 Å². The van der Waals surface area contributed by atoms with Gasteiger partial charge < -0.3 is 9.80 Å². The van der Waals surface area contributed by atoms with Crippen LogP contribution in [0.4, 0.5) is 34.1 Å². The quantitative estimate of drug-likeness (QED) is 0.162. The Morgan fingerprint density at radius 1 is 0.370 bits per heavy atom. The Bertz CT molecular complexity index is 2110. The van der Waals surface area contributed by atoms with E-state index < -0.39 is 0 Å². The van der Waals surface area contributed by atoms with Gasteiger partial charge >= 0.3 is 0 Å². The van der Waals surface area contributed by atoms with Crippen LogP contribution in [0.15, 0.2) is 170 Å². The van der Waals surface area contributed by atoms with Gasteiger partial charge in [-0.1, -0.05) is 115 Å². The van der Waals surface area contributed by atoms with Crippen LogP contribution < -0.4 is 9.80 Å². The van der Waals surface area contributed by atoms with Crippen LogP contribution in [0.2, 0.25) is 0 Å². The number of fused-ring (bicyclic) bond motifs is 1. The molecule has 0 aromatic heterocycles. The second-order valence-corrected chi connectivity index (χ2v) is 11.7. The van der Waals surface area contributed by atoms with Gasteiger partial charge in [-0.3, -0.25) is 0 Å². The van der Waals surface area contributed by atoms with E-state index in [1.165, 1.54) is 27.6 Å². The standard InChI is InChI=1S/C44H36N2/c1-33-11-10-17-42(31-33)46(44-18-9-6-12-34(44)2)41-28-23-36(24-29-41)20-19-35-21-26-40(27-22-35)45(39-15-4-3-5-16-39)43-30-25-37-13-7-8-14-38(37)32-43/h3-32H,1-2H3/b20-19+. The van der Waals surface area contributed by atoms with Crippen molar-refractivity contribution in [1.82, 2.24) is 0 Å². The van der Waals surface area contributed by atoms with E-state index in [0.29, 0.717) is 0 Å². The van der Waals surface area contributed by atoms with Gasteiger partial charge in [-0.05, 0) is 114 Å². The second-order valence-electron chi connectivity index (χ2n) is 11.7. The fourth-order valence-electron chi connectivity index (χ4n) is 6.01. The normalized spacial score (nSPS) is 11.2. The van der Waals surface area contributed by atoms with Crippen molar-refractivity contribution < 1.29 is 0 Å². The van der Waals surface area contributed by atoms with Crippen molar-refractivity contribution in [3.05, 3.63) is 192 Å². The molecule has 0 radical (unpaired) electrons. The highest BCUT2D eigenvalue weighted by atomic mass is 15.1. The molecule has 0 N–H and O–H groups in total. The van der Waals surface area contributed by atoms with Crippen molar-refractivity contribution in [2.24, 2.45) is 0 Å². The summed E-state index contributed by atoms with van der Waals surface area (Å²) in [5, 5.41) is 2.47. The van der Waals surface area contributed by atoms with Gasteiger partial charge in [0.25, 0.3) is 0 Å². The smallest absolute Gasteiger partial charge is 0.0490 e. The van der Waals surface area contributed by atoms with E-state index in [9.17, 15) is 0 Å². The number of rotatable bonds is 8. The second kappa shape index (κ2) is 13.0. The van der Waals surface area contributed by atoms with Crippen LogP contribution in [0.3, 0.4) is 0 Å².